The normalized spacial score (nSPS) is 28.8. The molecule has 136 valence electrons. The zero-order valence-corrected chi connectivity index (χ0v) is 14.8. The summed E-state index contributed by atoms with van der Waals surface area (Å²) in [6, 6.07) is -0.354. The highest BCUT2D eigenvalue weighted by molar-refractivity contribution is 5.97. The molecule has 6 heteroatoms. The van der Waals surface area contributed by atoms with Crippen LogP contribution in [0.1, 0.15) is 73.2 Å². The molecule has 3 atom stereocenters. The lowest BCUT2D eigenvalue weighted by molar-refractivity contribution is -0.145. The Balaban J connectivity index is 1.67. The molecule has 0 unspecified atom stereocenters. The third-order valence-electron chi connectivity index (χ3n) is 6.20. The Bertz CT molecular complexity index is 668. The number of aryl methyl sites for hydroxylation is 1. The fraction of sp³-hybridized carbons (Fsp3) is 0.737. The molecule has 25 heavy (non-hydrogen) atoms. The van der Waals surface area contributed by atoms with Crippen LogP contribution in [0.5, 0.6) is 0 Å². The van der Waals surface area contributed by atoms with Gasteiger partial charge < -0.3 is 14.2 Å². The Hall–Kier alpha value is -1.85. The third-order valence-corrected chi connectivity index (χ3v) is 6.20. The van der Waals surface area contributed by atoms with Gasteiger partial charge >= 0.3 is 5.97 Å². The van der Waals surface area contributed by atoms with Gasteiger partial charge in [0.05, 0.1) is 7.11 Å². The van der Waals surface area contributed by atoms with E-state index in [2.05, 4.69) is 5.16 Å². The van der Waals surface area contributed by atoms with Crippen LogP contribution in [-0.4, -0.2) is 41.1 Å². The molecule has 1 aliphatic heterocycles. The largest absolute Gasteiger partial charge is 0.467 e. The first-order valence-corrected chi connectivity index (χ1v) is 9.58. The van der Waals surface area contributed by atoms with Crippen LogP contribution in [-0.2, 0) is 22.4 Å². The summed E-state index contributed by atoms with van der Waals surface area (Å²) in [6.07, 6.45) is 10.0. The van der Waals surface area contributed by atoms with Gasteiger partial charge in [-0.3, -0.25) is 4.79 Å². The molecule has 0 radical (unpaired) electrons. The van der Waals surface area contributed by atoms with Gasteiger partial charge in [0, 0.05) is 18.0 Å². The zero-order chi connectivity index (χ0) is 17.4. The lowest BCUT2D eigenvalue weighted by Gasteiger charge is -2.32. The first-order chi connectivity index (χ1) is 12.2. The quantitative estimate of drug-likeness (QED) is 0.608. The van der Waals surface area contributed by atoms with Gasteiger partial charge in [-0.25, -0.2) is 4.79 Å². The zero-order valence-electron chi connectivity index (χ0n) is 14.8. The van der Waals surface area contributed by atoms with Crippen LogP contribution < -0.4 is 0 Å². The smallest absolute Gasteiger partial charge is 0.328 e. The number of ether oxygens (including phenoxy) is 1. The highest BCUT2D eigenvalue weighted by Crippen LogP contribution is 2.41. The maximum absolute atomic E-state index is 13.4. The average molecular weight is 346 g/mol. The summed E-state index contributed by atoms with van der Waals surface area (Å²) < 4.78 is 10.5. The average Bonchev–Trinajstić information content (AvgIpc) is 3.14. The number of carbonyl (C=O) groups excluding carboxylic acids is 2. The monoisotopic (exact) mass is 346 g/mol. The first-order valence-electron chi connectivity index (χ1n) is 9.58. The second-order valence-corrected chi connectivity index (χ2v) is 7.59. The van der Waals surface area contributed by atoms with Gasteiger partial charge in [-0.2, -0.15) is 0 Å². The predicted octanol–water partition coefficient (Wildman–Crippen LogP) is 2.89. The summed E-state index contributed by atoms with van der Waals surface area (Å²) in [4.78, 5) is 27.5. The molecule has 1 saturated carbocycles. The molecule has 1 aromatic heterocycles. The summed E-state index contributed by atoms with van der Waals surface area (Å²) in [5.74, 6) is 0.802. The number of amides is 1. The summed E-state index contributed by atoms with van der Waals surface area (Å²) in [6.45, 7) is 0. The van der Waals surface area contributed by atoms with Crippen LogP contribution in [0.2, 0.25) is 0 Å². The van der Waals surface area contributed by atoms with Crippen molar-refractivity contribution < 1.29 is 18.8 Å². The van der Waals surface area contributed by atoms with Crippen LogP contribution in [0.25, 0.3) is 0 Å². The van der Waals surface area contributed by atoms with E-state index in [0.29, 0.717) is 18.0 Å². The van der Waals surface area contributed by atoms with Gasteiger partial charge in [0.15, 0.2) is 5.69 Å². The topological polar surface area (TPSA) is 72.6 Å². The van der Waals surface area contributed by atoms with Crippen molar-refractivity contribution in [3.05, 3.63) is 17.0 Å². The second-order valence-electron chi connectivity index (χ2n) is 7.59. The van der Waals surface area contributed by atoms with Gasteiger partial charge in [-0.05, 0) is 44.4 Å². The van der Waals surface area contributed by atoms with Crippen molar-refractivity contribution in [1.29, 1.82) is 0 Å². The van der Waals surface area contributed by atoms with E-state index < -0.39 is 6.04 Å². The van der Waals surface area contributed by atoms with E-state index in [-0.39, 0.29) is 17.9 Å². The Morgan fingerprint density at radius 1 is 1.12 bits per heavy atom. The van der Waals surface area contributed by atoms with Crippen LogP contribution in [0, 0.1) is 5.92 Å². The molecule has 6 nitrogen and oxygen atoms in total. The molecule has 0 spiro atoms. The van der Waals surface area contributed by atoms with E-state index in [1.165, 1.54) is 13.5 Å². The summed E-state index contributed by atoms with van der Waals surface area (Å²) >= 11 is 0. The Kier molecular flexibility index (Phi) is 4.52. The van der Waals surface area contributed by atoms with E-state index in [1.807, 2.05) is 0 Å². The number of methoxy groups -OCH3 is 1. The molecule has 3 aliphatic rings. The number of rotatable bonds is 2. The van der Waals surface area contributed by atoms with E-state index in [9.17, 15) is 9.59 Å². The number of hydrogen-bond donors (Lipinski definition) is 0. The molecule has 0 N–H and O–H groups in total. The van der Waals surface area contributed by atoms with Gasteiger partial charge in [-0.15, -0.1) is 0 Å². The molecule has 2 fully saturated rings. The van der Waals surface area contributed by atoms with Crippen molar-refractivity contribution in [3.8, 4) is 0 Å². The van der Waals surface area contributed by atoms with Gasteiger partial charge in [0.25, 0.3) is 5.91 Å². The highest BCUT2D eigenvalue weighted by atomic mass is 16.5. The number of carbonyl (C=O) groups is 2. The van der Waals surface area contributed by atoms with Crippen molar-refractivity contribution in [2.24, 2.45) is 5.92 Å². The van der Waals surface area contributed by atoms with Gasteiger partial charge in [-0.1, -0.05) is 24.4 Å². The van der Waals surface area contributed by atoms with Gasteiger partial charge in [0.1, 0.15) is 11.8 Å². The van der Waals surface area contributed by atoms with Crippen LogP contribution >= 0.6 is 0 Å². The van der Waals surface area contributed by atoms with Crippen molar-refractivity contribution in [2.45, 2.75) is 76.3 Å². The molecule has 0 aromatic carbocycles. The number of esters is 1. The summed E-state index contributed by atoms with van der Waals surface area (Å²) in [5, 5.41) is 4.12. The fourth-order valence-corrected chi connectivity index (χ4v) is 4.95. The Morgan fingerprint density at radius 3 is 2.76 bits per heavy atom. The van der Waals surface area contributed by atoms with E-state index in [4.69, 9.17) is 9.26 Å². The van der Waals surface area contributed by atoms with Crippen molar-refractivity contribution in [3.63, 3.8) is 0 Å². The molecule has 1 aromatic rings. The second kappa shape index (κ2) is 6.81. The SMILES string of the molecule is COC(=O)[C@@H]1C[C@H]2CCCC[C@@H]2N1C(=O)c1noc2c1CCCCC2. The van der Waals surface area contributed by atoms with Crippen LogP contribution in [0.15, 0.2) is 4.52 Å². The third kappa shape index (κ3) is 2.85. The highest BCUT2D eigenvalue weighted by Gasteiger charge is 2.49. The summed E-state index contributed by atoms with van der Waals surface area (Å²) in [5.41, 5.74) is 1.39. The van der Waals surface area contributed by atoms with Crippen LogP contribution in [0.3, 0.4) is 0 Å². The van der Waals surface area contributed by atoms with Crippen molar-refractivity contribution in [1.82, 2.24) is 10.1 Å². The molecule has 4 rings (SSSR count). The number of likely N-dealkylation sites (tertiary alicyclic amines) is 1. The van der Waals surface area contributed by atoms with E-state index in [0.717, 1.165) is 62.7 Å². The van der Waals surface area contributed by atoms with E-state index in [1.54, 1.807) is 4.90 Å². The minimum atomic E-state index is -0.483. The fourth-order valence-electron chi connectivity index (χ4n) is 4.95. The van der Waals surface area contributed by atoms with Crippen molar-refractivity contribution >= 4 is 11.9 Å². The van der Waals surface area contributed by atoms with Crippen molar-refractivity contribution in [2.75, 3.05) is 7.11 Å². The molecular weight excluding hydrogens is 320 g/mol. The minimum absolute atomic E-state index is 0.128. The standard InChI is InChI=1S/C19H26N2O4/c1-24-19(23)15-11-12-7-5-6-9-14(12)21(15)18(22)17-13-8-3-2-4-10-16(13)25-20-17/h12,14-15H,2-11H2,1H3/t12-,14+,15+/m1/s1. The van der Waals surface area contributed by atoms with Gasteiger partial charge in [0.2, 0.25) is 0 Å². The maximum Gasteiger partial charge on any atom is 0.328 e. The predicted molar refractivity (Wildman–Crippen MR) is 90.1 cm³/mol. The molecular formula is C19H26N2O4. The number of nitrogens with zero attached hydrogens (tertiary/aromatic N) is 2. The number of fused-ring (bicyclic) bond motifs is 2. The number of aromatic nitrogens is 1. The lowest BCUT2D eigenvalue weighted by Crippen LogP contribution is -2.47. The molecule has 1 saturated heterocycles. The van der Waals surface area contributed by atoms with E-state index >= 15 is 0 Å². The molecule has 2 aliphatic carbocycles. The minimum Gasteiger partial charge on any atom is -0.467 e. The first kappa shape index (κ1) is 16.6. The van der Waals surface area contributed by atoms with Crippen LogP contribution in [0.4, 0.5) is 0 Å². The maximum atomic E-state index is 13.4. The molecule has 2 heterocycles. The molecule has 0 bridgehead atoms. The Morgan fingerprint density at radius 2 is 1.92 bits per heavy atom. The Labute approximate surface area is 147 Å². The summed E-state index contributed by atoms with van der Waals surface area (Å²) in [7, 11) is 1.40. The number of hydrogen-bond acceptors (Lipinski definition) is 5. The molecule has 1 amide bonds. The lowest BCUT2D eigenvalue weighted by atomic mass is 9.84.